The predicted octanol–water partition coefficient (Wildman–Crippen LogP) is 4.31. The van der Waals surface area contributed by atoms with Crippen LogP contribution in [-0.4, -0.2) is 40.1 Å². The molecule has 3 aromatic rings. The SMILES string of the molecule is CCOc1ccccc1C(=O)N1CCCC1c1nnc(C(=O)Nc2ccc(F)cc2)s1. The fourth-order valence-electron chi connectivity index (χ4n) is 3.52. The van der Waals surface area contributed by atoms with Crippen LogP contribution in [0.15, 0.2) is 48.5 Å². The number of amides is 2. The minimum absolute atomic E-state index is 0.126. The number of benzene rings is 2. The van der Waals surface area contributed by atoms with Crippen LogP contribution in [-0.2, 0) is 0 Å². The van der Waals surface area contributed by atoms with Crippen LogP contribution < -0.4 is 10.1 Å². The average Bonchev–Trinajstić information content (AvgIpc) is 3.45. The van der Waals surface area contributed by atoms with Crippen molar-refractivity contribution in [3.05, 3.63) is 69.9 Å². The Morgan fingerprint density at radius 3 is 2.74 bits per heavy atom. The van der Waals surface area contributed by atoms with Gasteiger partial charge in [0.2, 0.25) is 5.01 Å². The first kappa shape index (κ1) is 20.9. The molecule has 2 amide bonds. The molecule has 7 nitrogen and oxygen atoms in total. The quantitative estimate of drug-likeness (QED) is 0.618. The monoisotopic (exact) mass is 440 g/mol. The molecule has 1 aliphatic heterocycles. The molecular formula is C22H21FN4O3S. The van der Waals surface area contributed by atoms with Gasteiger partial charge in [-0.1, -0.05) is 23.5 Å². The van der Waals surface area contributed by atoms with Gasteiger partial charge < -0.3 is 15.0 Å². The number of aromatic nitrogens is 2. The summed E-state index contributed by atoms with van der Waals surface area (Å²) in [5.74, 6) is -0.377. The van der Waals surface area contributed by atoms with Crippen molar-refractivity contribution in [1.29, 1.82) is 0 Å². The number of para-hydroxylation sites is 1. The molecule has 0 bridgehead atoms. The van der Waals surface area contributed by atoms with E-state index in [1.54, 1.807) is 17.0 Å². The summed E-state index contributed by atoms with van der Waals surface area (Å²) in [6.07, 6.45) is 1.58. The van der Waals surface area contributed by atoms with Gasteiger partial charge in [0.25, 0.3) is 11.8 Å². The molecule has 0 aliphatic carbocycles. The second-order valence-electron chi connectivity index (χ2n) is 6.99. The molecule has 1 aromatic heterocycles. The lowest BCUT2D eigenvalue weighted by atomic mass is 10.1. The third-order valence-electron chi connectivity index (χ3n) is 4.95. The molecule has 1 fully saturated rings. The molecule has 2 heterocycles. The number of ether oxygens (including phenoxy) is 1. The van der Waals surface area contributed by atoms with E-state index >= 15 is 0 Å². The van der Waals surface area contributed by atoms with Gasteiger partial charge in [0.05, 0.1) is 18.2 Å². The minimum atomic E-state index is -0.423. The van der Waals surface area contributed by atoms with Crippen LogP contribution in [0.2, 0.25) is 0 Å². The Morgan fingerprint density at radius 2 is 1.97 bits per heavy atom. The molecular weight excluding hydrogens is 419 g/mol. The molecule has 0 spiro atoms. The van der Waals surface area contributed by atoms with Gasteiger partial charge in [-0.05, 0) is 56.2 Å². The van der Waals surface area contributed by atoms with Crippen molar-refractivity contribution in [1.82, 2.24) is 15.1 Å². The highest BCUT2D eigenvalue weighted by atomic mass is 32.1. The summed E-state index contributed by atoms with van der Waals surface area (Å²) in [5, 5.41) is 11.7. The molecule has 31 heavy (non-hydrogen) atoms. The van der Waals surface area contributed by atoms with E-state index in [0.29, 0.717) is 35.2 Å². The van der Waals surface area contributed by atoms with Crippen molar-refractivity contribution in [2.45, 2.75) is 25.8 Å². The fourth-order valence-corrected chi connectivity index (χ4v) is 4.41. The molecule has 1 atom stereocenters. The number of nitrogens with one attached hydrogen (secondary N) is 1. The number of hydrogen-bond acceptors (Lipinski definition) is 6. The summed E-state index contributed by atoms with van der Waals surface area (Å²) in [4.78, 5) is 27.5. The molecule has 0 saturated carbocycles. The van der Waals surface area contributed by atoms with Crippen LogP contribution in [0.4, 0.5) is 10.1 Å². The second-order valence-corrected chi connectivity index (χ2v) is 8.00. The van der Waals surface area contributed by atoms with Gasteiger partial charge in [-0.25, -0.2) is 4.39 Å². The van der Waals surface area contributed by atoms with E-state index in [1.807, 2.05) is 19.1 Å². The zero-order valence-corrected chi connectivity index (χ0v) is 17.7. The van der Waals surface area contributed by atoms with Crippen molar-refractivity contribution in [2.75, 3.05) is 18.5 Å². The summed E-state index contributed by atoms with van der Waals surface area (Å²) in [6, 6.07) is 12.4. The maximum absolute atomic E-state index is 13.2. The van der Waals surface area contributed by atoms with Crippen molar-refractivity contribution >= 4 is 28.8 Å². The highest BCUT2D eigenvalue weighted by molar-refractivity contribution is 7.13. The first-order chi connectivity index (χ1) is 15.1. The van der Waals surface area contributed by atoms with E-state index in [-0.39, 0.29) is 22.8 Å². The molecule has 1 saturated heterocycles. The van der Waals surface area contributed by atoms with E-state index in [0.717, 1.165) is 24.2 Å². The van der Waals surface area contributed by atoms with Crippen molar-refractivity contribution in [2.24, 2.45) is 0 Å². The first-order valence-electron chi connectivity index (χ1n) is 10.00. The molecule has 1 unspecified atom stereocenters. The maximum Gasteiger partial charge on any atom is 0.286 e. The topological polar surface area (TPSA) is 84.4 Å². The molecule has 160 valence electrons. The second kappa shape index (κ2) is 9.22. The van der Waals surface area contributed by atoms with Crippen molar-refractivity contribution in [3.8, 4) is 5.75 Å². The minimum Gasteiger partial charge on any atom is -0.493 e. The van der Waals surface area contributed by atoms with E-state index in [4.69, 9.17) is 4.74 Å². The standard InChI is InChI=1S/C22H21FN4O3S/c1-2-30-18-8-4-3-6-16(18)22(29)27-13-5-7-17(27)20-25-26-21(31-20)19(28)24-15-11-9-14(23)10-12-15/h3-4,6,8-12,17H,2,5,7,13H2,1H3,(H,24,28). The normalized spacial score (nSPS) is 15.7. The highest BCUT2D eigenvalue weighted by Crippen LogP contribution is 2.36. The Morgan fingerprint density at radius 1 is 1.19 bits per heavy atom. The van der Waals surface area contributed by atoms with Crippen molar-refractivity contribution in [3.63, 3.8) is 0 Å². The highest BCUT2D eigenvalue weighted by Gasteiger charge is 2.34. The Bertz CT molecular complexity index is 1090. The number of rotatable bonds is 6. The molecule has 1 N–H and O–H groups in total. The molecule has 2 aromatic carbocycles. The van der Waals surface area contributed by atoms with Gasteiger partial charge in [-0.2, -0.15) is 0 Å². The number of nitrogens with zero attached hydrogens (tertiary/aromatic N) is 3. The first-order valence-corrected chi connectivity index (χ1v) is 10.8. The molecule has 9 heteroatoms. The van der Waals surface area contributed by atoms with Gasteiger partial charge in [0.1, 0.15) is 16.6 Å². The summed E-state index contributed by atoms with van der Waals surface area (Å²) in [6.45, 7) is 2.94. The summed E-state index contributed by atoms with van der Waals surface area (Å²) >= 11 is 1.16. The zero-order valence-electron chi connectivity index (χ0n) is 16.9. The Balaban J connectivity index is 1.51. The number of hydrogen-bond donors (Lipinski definition) is 1. The third kappa shape index (κ3) is 4.56. The third-order valence-corrected chi connectivity index (χ3v) is 5.98. The van der Waals surface area contributed by atoms with E-state index in [1.165, 1.54) is 24.3 Å². The lowest BCUT2D eigenvalue weighted by molar-refractivity contribution is 0.0730. The van der Waals surface area contributed by atoms with Crippen LogP contribution in [0, 0.1) is 5.82 Å². The van der Waals surface area contributed by atoms with Crippen LogP contribution in [0.3, 0.4) is 0 Å². The van der Waals surface area contributed by atoms with Crippen LogP contribution in [0.25, 0.3) is 0 Å². The predicted molar refractivity (Wildman–Crippen MR) is 115 cm³/mol. The van der Waals surface area contributed by atoms with E-state index < -0.39 is 5.91 Å². The summed E-state index contributed by atoms with van der Waals surface area (Å²) < 4.78 is 18.7. The Labute approximate surface area is 182 Å². The smallest absolute Gasteiger partial charge is 0.286 e. The van der Waals surface area contributed by atoms with E-state index in [9.17, 15) is 14.0 Å². The van der Waals surface area contributed by atoms with Crippen molar-refractivity contribution < 1.29 is 18.7 Å². The zero-order chi connectivity index (χ0) is 21.8. The molecule has 0 radical (unpaired) electrons. The Kier molecular flexibility index (Phi) is 6.22. The van der Waals surface area contributed by atoms with Gasteiger partial charge in [0.15, 0.2) is 0 Å². The van der Waals surface area contributed by atoms with Crippen LogP contribution >= 0.6 is 11.3 Å². The number of halogens is 1. The fraction of sp³-hybridized carbons (Fsp3) is 0.273. The summed E-state index contributed by atoms with van der Waals surface area (Å²) in [5.41, 5.74) is 0.975. The maximum atomic E-state index is 13.2. The summed E-state index contributed by atoms with van der Waals surface area (Å²) in [7, 11) is 0. The Hall–Kier alpha value is -3.33. The number of carbonyl (C=O) groups excluding carboxylic acids is 2. The molecule has 1 aliphatic rings. The average molecular weight is 441 g/mol. The van der Waals surface area contributed by atoms with Gasteiger partial charge >= 0.3 is 0 Å². The van der Waals surface area contributed by atoms with Gasteiger partial charge in [-0.3, -0.25) is 9.59 Å². The van der Waals surface area contributed by atoms with Gasteiger partial charge in [-0.15, -0.1) is 10.2 Å². The van der Waals surface area contributed by atoms with Crippen LogP contribution in [0.1, 0.15) is 51.0 Å². The molecule has 4 rings (SSSR count). The largest absolute Gasteiger partial charge is 0.493 e. The van der Waals surface area contributed by atoms with Crippen LogP contribution in [0.5, 0.6) is 5.75 Å². The number of likely N-dealkylation sites (tertiary alicyclic amines) is 1. The van der Waals surface area contributed by atoms with E-state index in [2.05, 4.69) is 15.5 Å². The number of carbonyl (C=O) groups is 2. The lowest BCUT2D eigenvalue weighted by Crippen LogP contribution is -2.30. The number of anilines is 1. The van der Waals surface area contributed by atoms with Gasteiger partial charge in [0, 0.05) is 12.2 Å². The lowest BCUT2D eigenvalue weighted by Gasteiger charge is -2.23.